The van der Waals surface area contributed by atoms with Crippen LogP contribution in [0.4, 0.5) is 0 Å². The van der Waals surface area contributed by atoms with Crippen LogP contribution >= 0.6 is 0 Å². The van der Waals surface area contributed by atoms with Gasteiger partial charge in [-0.25, -0.2) is 8.42 Å². The number of nitrogens with zero attached hydrogens (tertiary/aromatic N) is 2. The van der Waals surface area contributed by atoms with Crippen molar-refractivity contribution >= 4 is 10.0 Å². The Morgan fingerprint density at radius 1 is 1.33 bits per heavy atom. The Morgan fingerprint density at radius 3 is 2.76 bits per heavy atom. The van der Waals surface area contributed by atoms with E-state index in [0.717, 1.165) is 19.3 Å². The van der Waals surface area contributed by atoms with E-state index in [4.69, 9.17) is 0 Å². The average Bonchev–Trinajstić information content (AvgIpc) is 3.09. The molecule has 1 fully saturated rings. The molecule has 2 heterocycles. The van der Waals surface area contributed by atoms with Gasteiger partial charge in [-0.3, -0.25) is 5.10 Å². The minimum atomic E-state index is -3.46. The molecule has 5 nitrogen and oxygen atoms in total. The minimum Gasteiger partial charge on any atom is -0.281 e. The normalized spacial score (nSPS) is 20.0. The van der Waals surface area contributed by atoms with Gasteiger partial charge in [-0.2, -0.15) is 9.40 Å². The summed E-state index contributed by atoms with van der Waals surface area (Å²) in [5.41, 5.74) is 1.77. The van der Waals surface area contributed by atoms with Crippen LogP contribution in [0.2, 0.25) is 0 Å². The van der Waals surface area contributed by atoms with Crippen molar-refractivity contribution in [2.75, 3.05) is 6.54 Å². The average molecular weight is 305 g/mol. The van der Waals surface area contributed by atoms with Crippen molar-refractivity contribution in [3.05, 3.63) is 47.8 Å². The van der Waals surface area contributed by atoms with Crippen molar-refractivity contribution in [1.29, 1.82) is 0 Å². The van der Waals surface area contributed by atoms with Crippen LogP contribution in [-0.2, 0) is 16.4 Å². The maximum Gasteiger partial charge on any atom is 0.246 e. The van der Waals surface area contributed by atoms with Crippen LogP contribution in [0.25, 0.3) is 0 Å². The standard InChI is InChI=1S/C15H19N3O2S/c1-12-15(11-16-17-12)21(19,20)18-9-5-8-14(18)10-13-6-3-2-4-7-13/h2-4,6-7,11,14H,5,8-10H2,1H3,(H,16,17). The van der Waals surface area contributed by atoms with Crippen molar-refractivity contribution < 1.29 is 8.42 Å². The van der Waals surface area contributed by atoms with E-state index in [9.17, 15) is 8.42 Å². The maximum absolute atomic E-state index is 12.8. The van der Waals surface area contributed by atoms with Gasteiger partial charge in [0.1, 0.15) is 4.90 Å². The number of H-pyrrole nitrogens is 1. The van der Waals surface area contributed by atoms with Gasteiger partial charge in [0.2, 0.25) is 10.0 Å². The highest BCUT2D eigenvalue weighted by Crippen LogP contribution is 2.28. The molecule has 1 atom stereocenters. The fourth-order valence-corrected chi connectivity index (χ4v) is 4.75. The lowest BCUT2D eigenvalue weighted by molar-refractivity contribution is 0.385. The zero-order valence-electron chi connectivity index (χ0n) is 12.0. The lowest BCUT2D eigenvalue weighted by Gasteiger charge is -2.23. The highest BCUT2D eigenvalue weighted by molar-refractivity contribution is 7.89. The number of nitrogens with one attached hydrogen (secondary N) is 1. The lowest BCUT2D eigenvalue weighted by Crippen LogP contribution is -2.36. The summed E-state index contributed by atoms with van der Waals surface area (Å²) in [6.45, 7) is 2.33. The second kappa shape index (κ2) is 5.61. The van der Waals surface area contributed by atoms with Crippen LogP contribution in [0.15, 0.2) is 41.4 Å². The predicted molar refractivity (Wildman–Crippen MR) is 80.4 cm³/mol. The molecule has 1 aliphatic heterocycles. The van der Waals surface area contributed by atoms with Crippen molar-refractivity contribution in [3.63, 3.8) is 0 Å². The molecule has 1 aromatic carbocycles. The van der Waals surface area contributed by atoms with E-state index in [1.807, 2.05) is 30.3 Å². The molecule has 1 N–H and O–H groups in total. The zero-order valence-corrected chi connectivity index (χ0v) is 12.8. The molecule has 0 spiro atoms. The summed E-state index contributed by atoms with van der Waals surface area (Å²) in [7, 11) is -3.46. The molecular weight excluding hydrogens is 286 g/mol. The molecule has 21 heavy (non-hydrogen) atoms. The number of rotatable bonds is 4. The Hall–Kier alpha value is -1.66. The highest BCUT2D eigenvalue weighted by Gasteiger charge is 2.36. The molecule has 112 valence electrons. The molecule has 0 amide bonds. The first-order chi connectivity index (χ1) is 10.1. The lowest BCUT2D eigenvalue weighted by atomic mass is 10.1. The SMILES string of the molecule is Cc1[nH]ncc1S(=O)(=O)N1CCCC1Cc1ccccc1. The van der Waals surface area contributed by atoms with Gasteiger partial charge >= 0.3 is 0 Å². The number of sulfonamides is 1. The number of aromatic amines is 1. The maximum atomic E-state index is 12.8. The van der Waals surface area contributed by atoms with Gasteiger partial charge in [-0.05, 0) is 31.7 Å². The quantitative estimate of drug-likeness (QED) is 0.941. The molecule has 1 aliphatic rings. The van der Waals surface area contributed by atoms with Crippen LogP contribution < -0.4 is 0 Å². The predicted octanol–water partition coefficient (Wildman–Crippen LogP) is 2.11. The van der Waals surface area contributed by atoms with Crippen LogP contribution in [0.5, 0.6) is 0 Å². The van der Waals surface area contributed by atoms with Gasteiger partial charge in [0.05, 0.1) is 11.9 Å². The first-order valence-electron chi connectivity index (χ1n) is 7.15. The second-order valence-electron chi connectivity index (χ2n) is 5.46. The van der Waals surface area contributed by atoms with Gasteiger partial charge in [-0.15, -0.1) is 0 Å². The molecule has 1 saturated heterocycles. The van der Waals surface area contributed by atoms with Gasteiger partial charge in [-0.1, -0.05) is 30.3 Å². The molecule has 1 unspecified atom stereocenters. The van der Waals surface area contributed by atoms with Crippen molar-refractivity contribution in [2.24, 2.45) is 0 Å². The molecule has 2 aromatic rings. The molecule has 1 aromatic heterocycles. The number of aryl methyl sites for hydroxylation is 1. The molecule has 0 bridgehead atoms. The smallest absolute Gasteiger partial charge is 0.246 e. The largest absolute Gasteiger partial charge is 0.281 e. The van der Waals surface area contributed by atoms with Crippen LogP contribution in [0, 0.1) is 6.92 Å². The van der Waals surface area contributed by atoms with E-state index in [2.05, 4.69) is 10.2 Å². The van der Waals surface area contributed by atoms with Crippen LogP contribution in [0.1, 0.15) is 24.1 Å². The Morgan fingerprint density at radius 2 is 2.10 bits per heavy atom. The molecule has 0 aliphatic carbocycles. The number of aromatic nitrogens is 2. The highest BCUT2D eigenvalue weighted by atomic mass is 32.2. The van der Waals surface area contributed by atoms with E-state index in [0.29, 0.717) is 17.1 Å². The van der Waals surface area contributed by atoms with Gasteiger partial charge < -0.3 is 0 Å². The van der Waals surface area contributed by atoms with E-state index < -0.39 is 10.0 Å². The van der Waals surface area contributed by atoms with Gasteiger partial charge in [0.25, 0.3) is 0 Å². The molecule has 0 saturated carbocycles. The van der Waals surface area contributed by atoms with E-state index in [1.165, 1.54) is 11.8 Å². The Bertz CT molecular complexity index is 710. The van der Waals surface area contributed by atoms with Crippen molar-refractivity contribution in [2.45, 2.75) is 37.1 Å². The summed E-state index contributed by atoms with van der Waals surface area (Å²) in [6, 6.07) is 10.1. The topological polar surface area (TPSA) is 66.1 Å². The first-order valence-corrected chi connectivity index (χ1v) is 8.59. The molecule has 3 rings (SSSR count). The summed E-state index contributed by atoms with van der Waals surface area (Å²) in [5, 5.41) is 6.54. The van der Waals surface area contributed by atoms with E-state index in [-0.39, 0.29) is 6.04 Å². The molecule has 6 heteroatoms. The number of hydrogen-bond acceptors (Lipinski definition) is 3. The van der Waals surface area contributed by atoms with Gasteiger partial charge in [0, 0.05) is 12.6 Å². The molecular formula is C15H19N3O2S. The Kier molecular flexibility index (Phi) is 3.82. The summed E-state index contributed by atoms with van der Waals surface area (Å²) in [5.74, 6) is 0. The number of benzene rings is 1. The number of hydrogen-bond donors (Lipinski definition) is 1. The Labute approximate surface area is 125 Å². The van der Waals surface area contributed by atoms with Crippen molar-refractivity contribution in [3.8, 4) is 0 Å². The third-order valence-electron chi connectivity index (χ3n) is 4.01. The van der Waals surface area contributed by atoms with Crippen LogP contribution in [-0.4, -0.2) is 35.5 Å². The first kappa shape index (κ1) is 14.3. The molecule has 0 radical (unpaired) electrons. The minimum absolute atomic E-state index is 0.0340. The fourth-order valence-electron chi connectivity index (χ4n) is 2.94. The van der Waals surface area contributed by atoms with Gasteiger partial charge in [0.15, 0.2) is 0 Å². The zero-order chi connectivity index (χ0) is 14.9. The summed E-state index contributed by atoms with van der Waals surface area (Å²) >= 11 is 0. The van der Waals surface area contributed by atoms with Crippen LogP contribution in [0.3, 0.4) is 0 Å². The third kappa shape index (κ3) is 2.73. The third-order valence-corrected chi connectivity index (χ3v) is 6.07. The summed E-state index contributed by atoms with van der Waals surface area (Å²) in [6.07, 6.45) is 3.98. The summed E-state index contributed by atoms with van der Waals surface area (Å²) < 4.78 is 27.2. The fraction of sp³-hybridized carbons (Fsp3) is 0.400. The van der Waals surface area contributed by atoms with Crippen molar-refractivity contribution in [1.82, 2.24) is 14.5 Å². The Balaban J connectivity index is 1.86. The van der Waals surface area contributed by atoms with E-state index >= 15 is 0 Å². The summed E-state index contributed by atoms with van der Waals surface area (Å²) in [4.78, 5) is 0.294. The monoisotopic (exact) mass is 305 g/mol. The van der Waals surface area contributed by atoms with E-state index in [1.54, 1.807) is 11.2 Å². The second-order valence-corrected chi connectivity index (χ2v) is 7.32.